The Morgan fingerprint density at radius 1 is 1.83 bits per heavy atom. The minimum absolute atomic E-state index is 0.0521. The molecule has 0 aliphatic rings. The van der Waals surface area contributed by atoms with Gasteiger partial charge in [-0.1, -0.05) is 0 Å². The van der Waals surface area contributed by atoms with Gasteiger partial charge in [0, 0.05) is 6.54 Å². The van der Waals surface area contributed by atoms with Crippen molar-refractivity contribution in [3.05, 3.63) is 17.8 Å². The Morgan fingerprint density at radius 3 is 3.08 bits per heavy atom. The van der Waals surface area contributed by atoms with Crippen LogP contribution in [0.25, 0.3) is 0 Å². The summed E-state index contributed by atoms with van der Waals surface area (Å²) in [7, 11) is 1.31. The number of nitrogens with zero attached hydrogens (tertiary/aromatic N) is 1. The van der Waals surface area contributed by atoms with Gasteiger partial charge in [-0.25, -0.2) is 4.98 Å². The molecule has 5 nitrogen and oxygen atoms in total. The largest absolute Gasteiger partial charge is 0.469 e. The number of hydrogen-bond donors (Lipinski definition) is 1. The molecule has 2 N–H and O–H groups in total. The highest BCUT2D eigenvalue weighted by Crippen LogP contribution is 2.02. The highest BCUT2D eigenvalue weighted by Gasteiger charge is 2.08. The van der Waals surface area contributed by atoms with E-state index in [4.69, 9.17) is 10.2 Å². The summed E-state index contributed by atoms with van der Waals surface area (Å²) >= 11 is 0. The van der Waals surface area contributed by atoms with E-state index in [1.807, 2.05) is 0 Å². The fraction of sp³-hybridized carbons (Fsp3) is 0.429. The summed E-state index contributed by atoms with van der Waals surface area (Å²) in [5.74, 6) is -0.0391. The van der Waals surface area contributed by atoms with E-state index in [1.54, 1.807) is 0 Å². The number of aromatic nitrogens is 1. The standard InChI is InChI=1S/C7H10N2O3/c1-11-7(10)2-6-9-5(3-8)4-12-6/h4H,2-3,8H2,1H3. The third-order valence-electron chi connectivity index (χ3n) is 1.33. The van der Waals surface area contributed by atoms with Crippen LogP contribution in [0.3, 0.4) is 0 Å². The van der Waals surface area contributed by atoms with Crippen molar-refractivity contribution in [1.82, 2.24) is 4.98 Å². The molecular weight excluding hydrogens is 160 g/mol. The topological polar surface area (TPSA) is 78.3 Å². The number of rotatable bonds is 3. The molecule has 1 aromatic rings. The second-order valence-corrected chi connectivity index (χ2v) is 2.19. The summed E-state index contributed by atoms with van der Waals surface area (Å²) in [4.78, 5) is 14.6. The normalized spacial score (nSPS) is 9.83. The maximum atomic E-state index is 10.7. The van der Waals surface area contributed by atoms with E-state index in [9.17, 15) is 4.79 Å². The molecule has 1 heterocycles. The van der Waals surface area contributed by atoms with E-state index in [0.29, 0.717) is 18.1 Å². The third-order valence-corrected chi connectivity index (χ3v) is 1.33. The predicted molar refractivity (Wildman–Crippen MR) is 40.1 cm³/mol. The van der Waals surface area contributed by atoms with Gasteiger partial charge in [-0.15, -0.1) is 0 Å². The van der Waals surface area contributed by atoms with Gasteiger partial charge in [-0.2, -0.15) is 0 Å². The number of nitrogens with two attached hydrogens (primary N) is 1. The summed E-state index contributed by atoms with van der Waals surface area (Å²) in [5.41, 5.74) is 5.92. The van der Waals surface area contributed by atoms with Crippen LogP contribution in [0, 0.1) is 0 Å². The Hall–Kier alpha value is -1.36. The van der Waals surface area contributed by atoms with Crippen molar-refractivity contribution in [3.63, 3.8) is 0 Å². The fourth-order valence-electron chi connectivity index (χ4n) is 0.720. The zero-order valence-corrected chi connectivity index (χ0v) is 6.74. The molecule has 1 aromatic heterocycles. The van der Waals surface area contributed by atoms with Crippen LogP contribution >= 0.6 is 0 Å². The van der Waals surface area contributed by atoms with Crippen LogP contribution in [0.1, 0.15) is 11.6 Å². The Morgan fingerprint density at radius 2 is 2.58 bits per heavy atom. The van der Waals surface area contributed by atoms with Crippen molar-refractivity contribution >= 4 is 5.97 Å². The quantitative estimate of drug-likeness (QED) is 0.638. The summed E-state index contributed by atoms with van der Waals surface area (Å²) in [6.07, 6.45) is 1.48. The molecular formula is C7H10N2O3. The summed E-state index contributed by atoms with van der Waals surface area (Å²) in [6.45, 7) is 0.310. The number of methoxy groups -OCH3 is 1. The molecule has 1 rings (SSSR count). The van der Waals surface area contributed by atoms with Crippen molar-refractivity contribution in [2.45, 2.75) is 13.0 Å². The van der Waals surface area contributed by atoms with Crippen LogP contribution in [-0.4, -0.2) is 18.1 Å². The van der Waals surface area contributed by atoms with E-state index < -0.39 is 0 Å². The van der Waals surface area contributed by atoms with E-state index in [1.165, 1.54) is 13.4 Å². The molecule has 66 valence electrons. The van der Waals surface area contributed by atoms with Crippen LogP contribution in [0.15, 0.2) is 10.7 Å². The van der Waals surface area contributed by atoms with Crippen LogP contribution < -0.4 is 5.73 Å². The molecule has 0 amide bonds. The first-order valence-corrected chi connectivity index (χ1v) is 3.46. The Balaban J connectivity index is 2.58. The van der Waals surface area contributed by atoms with Crippen molar-refractivity contribution < 1.29 is 13.9 Å². The number of oxazole rings is 1. The molecule has 0 aromatic carbocycles. The molecule has 0 saturated heterocycles. The lowest BCUT2D eigenvalue weighted by molar-refractivity contribution is -0.140. The first kappa shape index (κ1) is 8.73. The third kappa shape index (κ3) is 2.06. The number of carbonyl (C=O) groups is 1. The molecule has 0 fully saturated rings. The summed E-state index contributed by atoms with van der Waals surface area (Å²) in [6, 6.07) is 0. The number of hydrogen-bond acceptors (Lipinski definition) is 5. The zero-order chi connectivity index (χ0) is 8.97. The van der Waals surface area contributed by atoms with E-state index >= 15 is 0 Å². The highest BCUT2D eigenvalue weighted by atomic mass is 16.5. The SMILES string of the molecule is COC(=O)Cc1nc(CN)co1. The lowest BCUT2D eigenvalue weighted by Crippen LogP contribution is -2.05. The van der Waals surface area contributed by atoms with Crippen LogP contribution in [-0.2, 0) is 22.5 Å². The maximum Gasteiger partial charge on any atom is 0.314 e. The first-order valence-electron chi connectivity index (χ1n) is 3.46. The molecule has 0 atom stereocenters. The van der Waals surface area contributed by atoms with Crippen molar-refractivity contribution in [1.29, 1.82) is 0 Å². The Labute approximate surface area is 69.5 Å². The van der Waals surface area contributed by atoms with Gasteiger partial charge in [0.1, 0.15) is 12.7 Å². The molecule has 5 heteroatoms. The maximum absolute atomic E-state index is 10.7. The van der Waals surface area contributed by atoms with Crippen molar-refractivity contribution in [3.8, 4) is 0 Å². The molecule has 0 unspecified atom stereocenters. The van der Waals surface area contributed by atoms with Crippen LogP contribution in [0.2, 0.25) is 0 Å². The summed E-state index contributed by atoms with van der Waals surface area (Å²) < 4.78 is 9.36. The minimum atomic E-state index is -0.375. The van der Waals surface area contributed by atoms with Gasteiger partial charge in [0.05, 0.1) is 12.8 Å². The van der Waals surface area contributed by atoms with E-state index in [2.05, 4.69) is 9.72 Å². The molecule has 0 spiro atoms. The van der Waals surface area contributed by atoms with E-state index in [0.717, 1.165) is 0 Å². The fourth-order valence-corrected chi connectivity index (χ4v) is 0.720. The van der Waals surface area contributed by atoms with Gasteiger partial charge >= 0.3 is 5.97 Å². The second-order valence-electron chi connectivity index (χ2n) is 2.19. The van der Waals surface area contributed by atoms with E-state index in [-0.39, 0.29) is 12.4 Å². The Kier molecular flexibility index (Phi) is 2.82. The van der Waals surface area contributed by atoms with Gasteiger partial charge in [0.25, 0.3) is 0 Å². The predicted octanol–water partition coefficient (Wildman–Crippen LogP) is -0.151. The monoisotopic (exact) mass is 170 g/mol. The van der Waals surface area contributed by atoms with Crippen molar-refractivity contribution in [2.24, 2.45) is 5.73 Å². The minimum Gasteiger partial charge on any atom is -0.469 e. The molecule has 0 saturated carbocycles. The van der Waals surface area contributed by atoms with Gasteiger partial charge in [0.15, 0.2) is 0 Å². The average molecular weight is 170 g/mol. The average Bonchev–Trinajstić information content (AvgIpc) is 2.52. The molecule has 0 bridgehead atoms. The second kappa shape index (κ2) is 3.87. The van der Waals surface area contributed by atoms with Gasteiger partial charge in [-0.05, 0) is 0 Å². The molecule has 0 aliphatic heterocycles. The Bertz CT molecular complexity index is 269. The highest BCUT2D eigenvalue weighted by molar-refractivity contribution is 5.71. The van der Waals surface area contributed by atoms with Crippen molar-refractivity contribution in [2.75, 3.05) is 7.11 Å². The molecule has 0 aliphatic carbocycles. The molecule has 12 heavy (non-hydrogen) atoms. The first-order chi connectivity index (χ1) is 5.76. The number of esters is 1. The van der Waals surface area contributed by atoms with Gasteiger partial charge < -0.3 is 14.9 Å². The van der Waals surface area contributed by atoms with Gasteiger partial charge in [0.2, 0.25) is 5.89 Å². The van der Waals surface area contributed by atoms with Crippen LogP contribution in [0.5, 0.6) is 0 Å². The van der Waals surface area contributed by atoms with Gasteiger partial charge in [-0.3, -0.25) is 4.79 Å². The lowest BCUT2D eigenvalue weighted by Gasteiger charge is -1.92. The molecule has 0 radical (unpaired) electrons. The number of carbonyl (C=O) groups excluding carboxylic acids is 1. The summed E-state index contributed by atoms with van der Waals surface area (Å²) in [5, 5.41) is 0. The smallest absolute Gasteiger partial charge is 0.314 e. The zero-order valence-electron chi connectivity index (χ0n) is 6.74. The number of ether oxygens (including phenoxy) is 1. The lowest BCUT2D eigenvalue weighted by atomic mass is 10.4. The van der Waals surface area contributed by atoms with Crippen LogP contribution in [0.4, 0.5) is 0 Å².